The van der Waals surface area contributed by atoms with Gasteiger partial charge in [0.25, 0.3) is 0 Å². The Morgan fingerprint density at radius 1 is 1.28 bits per heavy atom. The molecule has 3 nitrogen and oxygen atoms in total. The maximum absolute atomic E-state index is 13.6. The maximum atomic E-state index is 13.6. The summed E-state index contributed by atoms with van der Waals surface area (Å²) in [6.07, 6.45) is 0.259. The van der Waals surface area contributed by atoms with Crippen LogP contribution in [-0.4, -0.2) is 16.9 Å². The molecule has 0 radical (unpaired) electrons. The summed E-state index contributed by atoms with van der Waals surface area (Å²) in [5.41, 5.74) is 0.0310. The fourth-order valence-electron chi connectivity index (χ4n) is 1.56. The molecule has 0 aromatic heterocycles. The summed E-state index contributed by atoms with van der Waals surface area (Å²) in [6.45, 7) is 5.16. The van der Waals surface area contributed by atoms with E-state index in [1.807, 2.05) is 0 Å². The molecule has 0 spiro atoms. The van der Waals surface area contributed by atoms with Crippen LogP contribution < -0.4 is 0 Å². The number of benzene rings is 1. The van der Waals surface area contributed by atoms with Gasteiger partial charge >= 0.3 is 5.97 Å². The normalized spacial score (nSPS) is 11.3. The van der Waals surface area contributed by atoms with Crippen molar-refractivity contribution in [3.63, 3.8) is 0 Å². The second kappa shape index (κ2) is 5.29. The minimum atomic E-state index is -0.914. The molecule has 1 aromatic carbocycles. The van der Waals surface area contributed by atoms with Crippen molar-refractivity contribution in [3.05, 3.63) is 35.1 Å². The van der Waals surface area contributed by atoms with E-state index in [1.54, 1.807) is 20.8 Å². The van der Waals surface area contributed by atoms with Gasteiger partial charge in [0.1, 0.15) is 5.82 Å². The van der Waals surface area contributed by atoms with Crippen molar-refractivity contribution in [2.75, 3.05) is 0 Å². The van der Waals surface area contributed by atoms with Crippen LogP contribution in [0.15, 0.2) is 18.2 Å². The van der Waals surface area contributed by atoms with Crippen molar-refractivity contribution in [2.24, 2.45) is 5.41 Å². The number of aryl methyl sites for hydroxylation is 1. The third-order valence-electron chi connectivity index (χ3n) is 2.58. The fraction of sp³-hybridized carbons (Fsp3) is 0.429. The van der Waals surface area contributed by atoms with Crippen LogP contribution in [0.4, 0.5) is 4.39 Å². The maximum Gasteiger partial charge on any atom is 0.303 e. The number of hydrogen-bond acceptors (Lipinski definition) is 2. The fourth-order valence-corrected chi connectivity index (χ4v) is 1.56. The first-order valence-electron chi connectivity index (χ1n) is 5.77. The van der Waals surface area contributed by atoms with Crippen LogP contribution >= 0.6 is 0 Å². The second-order valence-electron chi connectivity index (χ2n) is 5.29. The summed E-state index contributed by atoms with van der Waals surface area (Å²) in [5.74, 6) is -1.76. The predicted octanol–water partition coefficient (Wildman–Crippen LogP) is 3.07. The van der Waals surface area contributed by atoms with Crippen molar-refractivity contribution in [1.82, 2.24) is 0 Å². The number of carbonyl (C=O) groups is 2. The Hall–Kier alpha value is -1.71. The molecule has 0 fully saturated rings. The highest BCUT2D eigenvalue weighted by molar-refractivity contribution is 6.00. The topological polar surface area (TPSA) is 54.4 Å². The minimum Gasteiger partial charge on any atom is -0.481 e. The van der Waals surface area contributed by atoms with Crippen LogP contribution in [0.3, 0.4) is 0 Å². The Kier molecular flexibility index (Phi) is 4.22. The highest BCUT2D eigenvalue weighted by Gasteiger charge is 2.25. The molecular formula is C14H17FO3. The molecule has 0 heterocycles. The van der Waals surface area contributed by atoms with Gasteiger partial charge in [-0.1, -0.05) is 26.8 Å². The van der Waals surface area contributed by atoms with Gasteiger partial charge in [0.05, 0.1) is 5.56 Å². The Morgan fingerprint density at radius 2 is 1.89 bits per heavy atom. The lowest BCUT2D eigenvalue weighted by atomic mass is 9.85. The molecule has 0 aliphatic carbocycles. The monoisotopic (exact) mass is 252 g/mol. The molecule has 1 aromatic rings. The minimum absolute atomic E-state index is 0.0328. The van der Waals surface area contributed by atoms with Gasteiger partial charge in [-0.05, 0) is 24.1 Å². The molecule has 0 aliphatic heterocycles. The largest absolute Gasteiger partial charge is 0.481 e. The number of hydrogen-bond donors (Lipinski definition) is 1. The molecule has 1 N–H and O–H groups in total. The molecule has 4 heteroatoms. The summed E-state index contributed by atoms with van der Waals surface area (Å²) >= 11 is 0. The van der Waals surface area contributed by atoms with Crippen molar-refractivity contribution in [2.45, 2.75) is 33.6 Å². The van der Waals surface area contributed by atoms with E-state index in [1.165, 1.54) is 18.2 Å². The number of carbonyl (C=O) groups excluding carboxylic acids is 1. The Bertz CT molecular complexity index is 472. The average Bonchev–Trinajstić information content (AvgIpc) is 2.25. The second-order valence-corrected chi connectivity index (χ2v) is 5.29. The third-order valence-corrected chi connectivity index (χ3v) is 2.58. The summed E-state index contributed by atoms with van der Waals surface area (Å²) in [5, 5.41) is 8.60. The van der Waals surface area contributed by atoms with E-state index in [0.717, 1.165) is 0 Å². The lowest BCUT2D eigenvalue weighted by molar-refractivity contribution is -0.136. The van der Waals surface area contributed by atoms with Gasteiger partial charge in [0, 0.05) is 11.8 Å². The molecule has 0 saturated heterocycles. The Morgan fingerprint density at radius 3 is 2.39 bits per heavy atom. The molecule has 1 rings (SSSR count). The lowest BCUT2D eigenvalue weighted by Crippen LogP contribution is -2.21. The Balaban J connectivity index is 3.02. The first-order chi connectivity index (χ1) is 8.21. The average molecular weight is 252 g/mol. The molecule has 0 saturated carbocycles. The molecule has 0 aliphatic rings. The number of carboxylic acids is 1. The zero-order valence-electron chi connectivity index (χ0n) is 10.8. The summed E-state index contributed by atoms with van der Waals surface area (Å²) in [6, 6.07) is 4.18. The van der Waals surface area contributed by atoms with Crippen molar-refractivity contribution in [1.29, 1.82) is 0 Å². The zero-order chi connectivity index (χ0) is 13.9. The molecule has 18 heavy (non-hydrogen) atoms. The van der Waals surface area contributed by atoms with Gasteiger partial charge in [0.15, 0.2) is 5.78 Å². The number of rotatable bonds is 4. The number of halogens is 1. The highest BCUT2D eigenvalue weighted by Crippen LogP contribution is 2.23. The summed E-state index contributed by atoms with van der Waals surface area (Å²) in [4.78, 5) is 22.5. The lowest BCUT2D eigenvalue weighted by Gasteiger charge is -2.17. The molecular weight excluding hydrogens is 235 g/mol. The first-order valence-corrected chi connectivity index (χ1v) is 5.77. The van der Waals surface area contributed by atoms with E-state index in [4.69, 9.17) is 5.11 Å². The van der Waals surface area contributed by atoms with E-state index in [2.05, 4.69) is 0 Å². The number of carboxylic acid groups (broad SMARTS) is 1. The quantitative estimate of drug-likeness (QED) is 0.838. The van der Waals surface area contributed by atoms with E-state index in [-0.39, 0.29) is 17.8 Å². The van der Waals surface area contributed by atoms with Crippen LogP contribution in [0.25, 0.3) is 0 Å². The van der Waals surface area contributed by atoms with Gasteiger partial charge in [-0.15, -0.1) is 0 Å². The third kappa shape index (κ3) is 3.65. The van der Waals surface area contributed by atoms with E-state index in [0.29, 0.717) is 12.0 Å². The standard InChI is InChI=1S/C14H17FO3/c1-14(2,3)13(18)10-8-9(4-6-11(10)15)5-7-12(16)17/h4,6,8H,5,7H2,1-3H3,(H,16,17). The Labute approximate surface area is 106 Å². The van der Waals surface area contributed by atoms with E-state index < -0.39 is 17.2 Å². The number of ketones is 1. The van der Waals surface area contributed by atoms with Crippen LogP contribution in [0.2, 0.25) is 0 Å². The molecule has 0 atom stereocenters. The predicted molar refractivity (Wildman–Crippen MR) is 66.1 cm³/mol. The van der Waals surface area contributed by atoms with Crippen LogP contribution in [0, 0.1) is 11.2 Å². The van der Waals surface area contributed by atoms with Gasteiger partial charge < -0.3 is 5.11 Å². The number of Topliss-reactive ketones (excluding diaryl/α,β-unsaturated/α-hetero) is 1. The van der Waals surface area contributed by atoms with Crippen molar-refractivity contribution >= 4 is 11.8 Å². The number of aliphatic carboxylic acids is 1. The molecule has 0 bridgehead atoms. The van der Waals surface area contributed by atoms with E-state index >= 15 is 0 Å². The smallest absolute Gasteiger partial charge is 0.303 e. The van der Waals surface area contributed by atoms with E-state index in [9.17, 15) is 14.0 Å². The van der Waals surface area contributed by atoms with Crippen LogP contribution in [-0.2, 0) is 11.2 Å². The summed E-state index contributed by atoms with van der Waals surface area (Å²) < 4.78 is 13.6. The van der Waals surface area contributed by atoms with Crippen LogP contribution in [0.1, 0.15) is 43.1 Å². The van der Waals surface area contributed by atoms with Gasteiger partial charge in [-0.25, -0.2) is 4.39 Å². The first kappa shape index (κ1) is 14.4. The van der Waals surface area contributed by atoms with Crippen molar-refractivity contribution in [3.8, 4) is 0 Å². The molecule has 0 amide bonds. The zero-order valence-corrected chi connectivity index (χ0v) is 10.8. The highest BCUT2D eigenvalue weighted by atomic mass is 19.1. The van der Waals surface area contributed by atoms with Gasteiger partial charge in [-0.3, -0.25) is 9.59 Å². The molecule has 0 unspecified atom stereocenters. The molecule has 98 valence electrons. The summed E-state index contributed by atoms with van der Waals surface area (Å²) in [7, 11) is 0. The van der Waals surface area contributed by atoms with Gasteiger partial charge in [0.2, 0.25) is 0 Å². The van der Waals surface area contributed by atoms with Crippen LogP contribution in [0.5, 0.6) is 0 Å². The van der Waals surface area contributed by atoms with Gasteiger partial charge in [-0.2, -0.15) is 0 Å². The van der Waals surface area contributed by atoms with Crippen molar-refractivity contribution < 1.29 is 19.1 Å². The SMILES string of the molecule is CC(C)(C)C(=O)c1cc(CCC(=O)O)ccc1F.